The molecule has 4 nitrogen and oxygen atoms in total. The summed E-state index contributed by atoms with van der Waals surface area (Å²) in [6, 6.07) is 8.72. The second kappa shape index (κ2) is 6.50. The number of rotatable bonds is 5. The number of hydrogen-bond donors (Lipinski definition) is 0. The van der Waals surface area contributed by atoms with Crippen molar-refractivity contribution in [2.24, 2.45) is 0 Å². The minimum absolute atomic E-state index is 0.435. The Morgan fingerprint density at radius 2 is 2.14 bits per heavy atom. The Morgan fingerprint density at radius 3 is 2.95 bits per heavy atom. The van der Waals surface area contributed by atoms with Crippen LogP contribution in [0.1, 0.15) is 12.8 Å². The number of likely N-dealkylation sites (N-methyl/N-ethyl adjacent to an activating group) is 1. The fraction of sp³-hybridized carbons (Fsp3) is 0.529. The molecule has 1 aromatic carbocycles. The maximum atomic E-state index is 5.83. The summed E-state index contributed by atoms with van der Waals surface area (Å²) >= 11 is 0. The van der Waals surface area contributed by atoms with E-state index in [1.54, 1.807) is 7.11 Å². The van der Waals surface area contributed by atoms with Crippen LogP contribution in [0.3, 0.4) is 0 Å². The summed E-state index contributed by atoms with van der Waals surface area (Å²) in [4.78, 5) is 2.43. The van der Waals surface area contributed by atoms with Gasteiger partial charge >= 0.3 is 0 Å². The first-order valence-electron chi connectivity index (χ1n) is 7.52. The van der Waals surface area contributed by atoms with Crippen molar-refractivity contribution in [3.8, 4) is 11.5 Å². The SMILES string of the molecule is COc1cccc(OCCC2=CC3COCC(C2)N3C)c1. The number of morpholine rings is 1. The highest BCUT2D eigenvalue weighted by atomic mass is 16.5. The van der Waals surface area contributed by atoms with Gasteiger partial charge < -0.3 is 14.2 Å². The summed E-state index contributed by atoms with van der Waals surface area (Å²) in [5.74, 6) is 1.70. The molecule has 2 unspecified atom stereocenters. The fourth-order valence-electron chi connectivity index (χ4n) is 3.02. The minimum atomic E-state index is 0.435. The summed E-state index contributed by atoms with van der Waals surface area (Å²) < 4.78 is 16.7. The number of ether oxygens (including phenoxy) is 3. The van der Waals surface area contributed by atoms with Crippen molar-refractivity contribution < 1.29 is 14.2 Å². The van der Waals surface area contributed by atoms with Crippen molar-refractivity contribution in [3.63, 3.8) is 0 Å². The molecule has 1 fully saturated rings. The lowest BCUT2D eigenvalue weighted by Gasteiger charge is -2.42. The number of benzene rings is 1. The molecule has 0 amide bonds. The zero-order valence-corrected chi connectivity index (χ0v) is 12.7. The molecule has 0 radical (unpaired) electrons. The van der Waals surface area contributed by atoms with E-state index < -0.39 is 0 Å². The molecule has 0 aliphatic carbocycles. The lowest BCUT2D eigenvalue weighted by Crippen LogP contribution is -2.51. The van der Waals surface area contributed by atoms with Crippen LogP contribution in [-0.4, -0.2) is 51.0 Å². The van der Waals surface area contributed by atoms with Crippen LogP contribution < -0.4 is 9.47 Å². The van der Waals surface area contributed by atoms with Crippen LogP contribution in [0.25, 0.3) is 0 Å². The van der Waals surface area contributed by atoms with Crippen molar-refractivity contribution in [2.75, 3.05) is 34.0 Å². The average Bonchev–Trinajstić information content (AvgIpc) is 2.48. The summed E-state index contributed by atoms with van der Waals surface area (Å²) in [5, 5.41) is 0. The van der Waals surface area contributed by atoms with Gasteiger partial charge in [-0.1, -0.05) is 17.7 Å². The van der Waals surface area contributed by atoms with Crippen LogP contribution in [0, 0.1) is 0 Å². The smallest absolute Gasteiger partial charge is 0.122 e. The van der Waals surface area contributed by atoms with Gasteiger partial charge in [0.25, 0.3) is 0 Å². The zero-order chi connectivity index (χ0) is 14.7. The van der Waals surface area contributed by atoms with Crippen molar-refractivity contribution >= 4 is 0 Å². The Morgan fingerprint density at radius 1 is 1.29 bits per heavy atom. The van der Waals surface area contributed by atoms with Crippen LogP contribution >= 0.6 is 0 Å². The molecule has 2 aliphatic heterocycles. The van der Waals surface area contributed by atoms with E-state index in [2.05, 4.69) is 18.0 Å². The van der Waals surface area contributed by atoms with Gasteiger partial charge in [0.1, 0.15) is 11.5 Å². The summed E-state index contributed by atoms with van der Waals surface area (Å²) in [6.07, 6.45) is 4.43. The highest BCUT2D eigenvalue weighted by Crippen LogP contribution is 2.27. The summed E-state index contributed by atoms with van der Waals surface area (Å²) in [6.45, 7) is 2.37. The quantitative estimate of drug-likeness (QED) is 0.779. The van der Waals surface area contributed by atoms with Crippen molar-refractivity contribution in [2.45, 2.75) is 24.9 Å². The highest BCUT2D eigenvalue weighted by molar-refractivity contribution is 5.32. The van der Waals surface area contributed by atoms with Crippen LogP contribution in [0.5, 0.6) is 11.5 Å². The Labute approximate surface area is 126 Å². The second-order valence-electron chi connectivity index (χ2n) is 5.73. The van der Waals surface area contributed by atoms with Gasteiger partial charge in [0.05, 0.1) is 33.0 Å². The molecule has 1 aromatic rings. The van der Waals surface area contributed by atoms with Crippen LogP contribution in [0.15, 0.2) is 35.9 Å². The molecular weight excluding hydrogens is 266 g/mol. The van der Waals surface area contributed by atoms with Gasteiger partial charge in [-0.25, -0.2) is 0 Å². The molecular formula is C17H23NO3. The fourth-order valence-corrected chi connectivity index (χ4v) is 3.02. The molecule has 2 heterocycles. The van der Waals surface area contributed by atoms with E-state index in [1.807, 2.05) is 24.3 Å². The Bertz CT molecular complexity index is 515. The molecule has 2 bridgehead atoms. The van der Waals surface area contributed by atoms with Crippen LogP contribution in [-0.2, 0) is 4.74 Å². The zero-order valence-electron chi connectivity index (χ0n) is 12.7. The van der Waals surface area contributed by atoms with E-state index in [1.165, 1.54) is 5.57 Å². The third-order valence-corrected chi connectivity index (χ3v) is 4.36. The topological polar surface area (TPSA) is 30.9 Å². The van der Waals surface area contributed by atoms with Gasteiger partial charge in [-0.2, -0.15) is 0 Å². The number of methoxy groups -OCH3 is 1. The maximum Gasteiger partial charge on any atom is 0.122 e. The third kappa shape index (κ3) is 3.39. The first kappa shape index (κ1) is 14.4. The largest absolute Gasteiger partial charge is 0.497 e. The monoisotopic (exact) mass is 289 g/mol. The predicted molar refractivity (Wildman–Crippen MR) is 82.0 cm³/mol. The van der Waals surface area contributed by atoms with Gasteiger partial charge in [0, 0.05) is 18.5 Å². The second-order valence-corrected chi connectivity index (χ2v) is 5.73. The van der Waals surface area contributed by atoms with E-state index in [4.69, 9.17) is 14.2 Å². The van der Waals surface area contributed by atoms with Crippen LogP contribution in [0.2, 0.25) is 0 Å². The average molecular weight is 289 g/mol. The Hall–Kier alpha value is -1.52. The number of hydrogen-bond acceptors (Lipinski definition) is 4. The summed E-state index contributed by atoms with van der Waals surface area (Å²) in [5.41, 5.74) is 1.49. The normalized spacial score (nSPS) is 25.3. The van der Waals surface area contributed by atoms with Crippen molar-refractivity contribution in [1.29, 1.82) is 0 Å². The lowest BCUT2D eigenvalue weighted by atomic mass is 9.93. The number of nitrogens with zero attached hydrogens (tertiary/aromatic N) is 1. The van der Waals surface area contributed by atoms with Crippen LogP contribution in [0.4, 0.5) is 0 Å². The molecule has 4 heteroatoms. The molecule has 0 N–H and O–H groups in total. The van der Waals surface area contributed by atoms with Gasteiger partial charge in [0.15, 0.2) is 0 Å². The minimum Gasteiger partial charge on any atom is -0.497 e. The lowest BCUT2D eigenvalue weighted by molar-refractivity contribution is -0.0263. The van der Waals surface area contributed by atoms with E-state index in [9.17, 15) is 0 Å². The Balaban J connectivity index is 1.53. The third-order valence-electron chi connectivity index (χ3n) is 4.36. The highest BCUT2D eigenvalue weighted by Gasteiger charge is 2.31. The molecule has 3 rings (SSSR count). The molecule has 2 aliphatic rings. The van der Waals surface area contributed by atoms with E-state index in [-0.39, 0.29) is 0 Å². The first-order valence-corrected chi connectivity index (χ1v) is 7.52. The Kier molecular flexibility index (Phi) is 4.46. The molecule has 21 heavy (non-hydrogen) atoms. The molecule has 1 saturated heterocycles. The van der Waals surface area contributed by atoms with Gasteiger partial charge in [-0.3, -0.25) is 4.90 Å². The molecule has 2 atom stereocenters. The van der Waals surface area contributed by atoms with Crippen molar-refractivity contribution in [3.05, 3.63) is 35.9 Å². The molecule has 114 valence electrons. The molecule has 0 saturated carbocycles. The van der Waals surface area contributed by atoms with Gasteiger partial charge in [0.2, 0.25) is 0 Å². The van der Waals surface area contributed by atoms with E-state index in [0.717, 1.165) is 37.6 Å². The van der Waals surface area contributed by atoms with Gasteiger partial charge in [-0.05, 0) is 25.6 Å². The first-order chi connectivity index (χ1) is 10.3. The predicted octanol–water partition coefficient (Wildman–Crippen LogP) is 2.49. The molecule has 0 aromatic heterocycles. The standard InChI is InChI=1S/C17H23NO3/c1-18-14-8-13(9-15(18)12-20-11-14)6-7-21-17-5-3-4-16(10-17)19-2/h3-5,8,10,14-15H,6-7,9,11-12H2,1-2H3. The van der Waals surface area contributed by atoms with Gasteiger partial charge in [-0.15, -0.1) is 0 Å². The van der Waals surface area contributed by atoms with E-state index >= 15 is 0 Å². The van der Waals surface area contributed by atoms with Crippen molar-refractivity contribution in [1.82, 2.24) is 4.90 Å². The summed E-state index contributed by atoms with van der Waals surface area (Å²) in [7, 11) is 3.86. The van der Waals surface area contributed by atoms with E-state index in [0.29, 0.717) is 18.7 Å². The maximum absolute atomic E-state index is 5.83. The molecule has 0 spiro atoms. The number of fused-ring (bicyclic) bond motifs is 2.